The van der Waals surface area contributed by atoms with Crippen LogP contribution in [0.4, 0.5) is 0 Å². The summed E-state index contributed by atoms with van der Waals surface area (Å²) in [6.07, 6.45) is 6.40. The molecule has 2 N–H and O–H groups in total. The van der Waals surface area contributed by atoms with Gasteiger partial charge in [0.05, 0.1) is 0 Å². The van der Waals surface area contributed by atoms with Gasteiger partial charge < -0.3 is 9.79 Å². The smallest absolute Gasteiger partial charge is 0.239 e. The minimum Gasteiger partial charge on any atom is -0.338 e. The van der Waals surface area contributed by atoms with E-state index in [4.69, 9.17) is 9.79 Å². The van der Waals surface area contributed by atoms with Gasteiger partial charge in [-0.15, -0.1) is 0 Å². The van der Waals surface area contributed by atoms with E-state index in [2.05, 4.69) is 43.6 Å². The summed E-state index contributed by atoms with van der Waals surface area (Å²) < 4.78 is 0. The van der Waals surface area contributed by atoms with E-state index in [1.165, 1.54) is 24.3 Å². The summed E-state index contributed by atoms with van der Waals surface area (Å²) in [5, 5.41) is 2.96. The molecule has 0 saturated carbocycles. The van der Waals surface area contributed by atoms with Gasteiger partial charge in [-0.3, -0.25) is 0 Å². The second-order valence-corrected chi connectivity index (χ2v) is 12.2. The average Bonchev–Trinajstić information content (AvgIpc) is 2.01. The Morgan fingerprint density at radius 3 is 2.36 bits per heavy atom. The number of thiol groups is 1. The molecule has 0 rings (SSSR count). The molecule has 0 atom stereocenters. The second-order valence-electron chi connectivity index (χ2n) is 3.00. The Labute approximate surface area is 105 Å². The summed E-state index contributed by atoms with van der Waals surface area (Å²) in [5.41, 5.74) is -3.11. The Balaban J connectivity index is 0. The summed E-state index contributed by atoms with van der Waals surface area (Å²) in [6.45, 7) is 5.99. The second kappa shape index (κ2) is 12.4. The minimum atomic E-state index is -3.11. The monoisotopic (exact) mass is 306 g/mol. The molecule has 0 heterocycles. The fourth-order valence-electron chi connectivity index (χ4n) is 0.892. The van der Waals surface area contributed by atoms with Crippen LogP contribution < -0.4 is 0 Å². The Morgan fingerprint density at radius 1 is 1.50 bits per heavy atom. The van der Waals surface area contributed by atoms with Crippen LogP contribution in [-0.2, 0) is 28.9 Å². The van der Waals surface area contributed by atoms with Crippen molar-refractivity contribution in [1.82, 2.24) is 0 Å². The number of rotatable bonds is 6. The first-order valence-electron chi connectivity index (χ1n) is 4.81. The van der Waals surface area contributed by atoms with Crippen molar-refractivity contribution >= 4 is 29.7 Å². The first kappa shape index (κ1) is 17.7. The van der Waals surface area contributed by atoms with Crippen LogP contribution in [0.15, 0.2) is 12.7 Å². The third-order valence-electron chi connectivity index (χ3n) is 1.51. The largest absolute Gasteiger partial charge is 0.338 e. The molecule has 0 fully saturated rings. The number of allylic oxidation sites excluding steroid dienone is 1. The number of hydrogen-bond acceptors (Lipinski definition) is 1. The summed E-state index contributed by atoms with van der Waals surface area (Å²) in [6, 6.07) is 0. The Hall–Kier alpha value is 1.28. The van der Waals surface area contributed by atoms with Crippen LogP contribution >= 0.6 is 17.9 Å². The fourth-order valence-corrected chi connectivity index (χ4v) is 3.59. The predicted octanol–water partition coefficient (Wildman–Crippen LogP) is 3.41. The van der Waals surface area contributed by atoms with E-state index in [0.29, 0.717) is 0 Å². The molecule has 0 radical (unpaired) electrons. The first-order chi connectivity index (χ1) is 6.41. The van der Waals surface area contributed by atoms with Crippen LogP contribution in [0.25, 0.3) is 0 Å². The van der Waals surface area contributed by atoms with E-state index in [1.54, 1.807) is 5.02 Å². The van der Waals surface area contributed by atoms with Crippen molar-refractivity contribution in [2.75, 3.05) is 0 Å². The Kier molecular flexibility index (Phi) is 15.6. The van der Waals surface area contributed by atoms with Gasteiger partial charge in [-0.05, 0) is 11.8 Å². The number of hydrogen-bond donors (Lipinski definition) is 3. The van der Waals surface area contributed by atoms with Gasteiger partial charge in [0.1, 0.15) is 0 Å². The molecular formula is C8H19O2PS2Zn. The van der Waals surface area contributed by atoms with Crippen molar-refractivity contribution in [3.8, 4) is 0 Å². The van der Waals surface area contributed by atoms with Gasteiger partial charge >= 0.3 is 66.0 Å². The van der Waals surface area contributed by atoms with Crippen molar-refractivity contribution in [2.24, 2.45) is 0 Å². The Bertz CT molecular complexity index is 164. The maximum Gasteiger partial charge on any atom is 0.239 e. The maximum atomic E-state index is 7.87. The van der Waals surface area contributed by atoms with Gasteiger partial charge in [-0.25, -0.2) is 0 Å². The molecule has 0 aromatic rings. The molecule has 0 aromatic carbocycles. The van der Waals surface area contributed by atoms with E-state index >= 15 is 0 Å². The molecule has 0 aliphatic heterocycles. The zero-order chi connectivity index (χ0) is 11.4. The molecule has 82 valence electrons. The van der Waals surface area contributed by atoms with Gasteiger partial charge in [0.2, 0.25) is 5.69 Å². The molecule has 0 aliphatic carbocycles. The van der Waals surface area contributed by atoms with Gasteiger partial charge in [0.15, 0.2) is 0 Å². The molecule has 6 heteroatoms. The standard InChI is InChI=1S/C5H11.C3H5.H3O2PS2.Zn/c1-3-5-4-2;1-3-2;1-3(2,4)5;/h1,3-5H2,2H3;3H,1-2H2;(H3,1,2,4,5);. The van der Waals surface area contributed by atoms with Crippen molar-refractivity contribution < 1.29 is 26.9 Å². The molecule has 0 aliphatic rings. The first-order valence-corrected chi connectivity index (χ1v) is 12.9. The van der Waals surface area contributed by atoms with E-state index < -0.39 is 5.69 Å². The van der Waals surface area contributed by atoms with Gasteiger partial charge in [0, 0.05) is 0 Å². The van der Waals surface area contributed by atoms with Crippen LogP contribution in [0.1, 0.15) is 26.2 Å². The molecule has 14 heavy (non-hydrogen) atoms. The van der Waals surface area contributed by atoms with Crippen LogP contribution in [-0.4, -0.2) is 9.79 Å². The van der Waals surface area contributed by atoms with Gasteiger partial charge in [-0.1, -0.05) is 12.2 Å². The van der Waals surface area contributed by atoms with Crippen LogP contribution in [0, 0.1) is 0 Å². The summed E-state index contributed by atoms with van der Waals surface area (Å²) in [4.78, 5) is 15.7. The van der Waals surface area contributed by atoms with Crippen molar-refractivity contribution in [3.63, 3.8) is 0 Å². The van der Waals surface area contributed by atoms with E-state index in [1.807, 2.05) is 0 Å². The third kappa shape index (κ3) is 37.8. The zero-order valence-corrected chi connectivity index (χ0v) is 14.3. The minimum absolute atomic E-state index is 0.0994. The zero-order valence-electron chi connectivity index (χ0n) is 8.72. The predicted molar refractivity (Wildman–Crippen MR) is 67.0 cm³/mol. The molecule has 0 aromatic heterocycles. The Morgan fingerprint density at radius 2 is 2.00 bits per heavy atom. The van der Waals surface area contributed by atoms with Crippen molar-refractivity contribution in [2.45, 2.75) is 36.2 Å². The molecule has 0 bridgehead atoms. The van der Waals surface area contributed by atoms with E-state index in [0.717, 1.165) is 0 Å². The maximum absolute atomic E-state index is 7.87. The molecule has 0 saturated heterocycles. The van der Waals surface area contributed by atoms with E-state index in [9.17, 15) is 0 Å². The van der Waals surface area contributed by atoms with Crippen molar-refractivity contribution in [3.05, 3.63) is 12.7 Å². The quantitative estimate of drug-likeness (QED) is 0.232. The SMILES string of the molecule is C=C[CH2][Zn][CH2]CCCC.OP(O)(=S)S. The van der Waals surface area contributed by atoms with Gasteiger partial charge in [-0.2, -0.15) is 0 Å². The molecule has 0 amide bonds. The molecule has 0 spiro atoms. The van der Waals surface area contributed by atoms with Crippen LogP contribution in [0.5, 0.6) is 0 Å². The van der Waals surface area contributed by atoms with Crippen LogP contribution in [0.2, 0.25) is 10.0 Å². The normalized spacial score (nSPS) is 9.71. The molecule has 2 nitrogen and oxygen atoms in total. The van der Waals surface area contributed by atoms with Crippen LogP contribution in [0.3, 0.4) is 0 Å². The molecular weight excluding hydrogens is 289 g/mol. The summed E-state index contributed by atoms with van der Waals surface area (Å²) in [5.74, 6) is 0. The summed E-state index contributed by atoms with van der Waals surface area (Å²) >= 11 is 6.97. The number of unbranched alkanes of at least 4 members (excludes halogenated alkanes) is 2. The summed E-state index contributed by atoms with van der Waals surface area (Å²) in [7, 11) is 0. The average molecular weight is 308 g/mol. The topological polar surface area (TPSA) is 40.5 Å². The molecule has 0 unspecified atom stereocenters. The van der Waals surface area contributed by atoms with Crippen molar-refractivity contribution in [1.29, 1.82) is 0 Å². The van der Waals surface area contributed by atoms with Gasteiger partial charge in [0.25, 0.3) is 0 Å². The fraction of sp³-hybridized carbons (Fsp3) is 0.750. The third-order valence-corrected chi connectivity index (χ3v) is 5.32. The van der Waals surface area contributed by atoms with E-state index in [-0.39, 0.29) is 17.1 Å².